The molecule has 4 rings (SSSR count). The second kappa shape index (κ2) is 8.81. The molecule has 1 saturated heterocycles. The third-order valence-electron chi connectivity index (χ3n) is 7.31. The van der Waals surface area contributed by atoms with Crippen LogP contribution < -0.4 is 5.56 Å². The smallest absolute Gasteiger partial charge is 0.254 e. The standard InChI is InChI=1S/C24H36N6O2/c1-14(2)28-11-9-19-20(13-28)25-23(26-24(19)32)21-8-7-10-29(21)22(31)12-15(3)30-18(6)16(4)17(5)27-30/h14-15,21H,7-13H2,1-6H3,(H,25,26,32)/t15-,21-/m1/s1. The highest BCUT2D eigenvalue weighted by Crippen LogP contribution is 2.32. The number of aryl methyl sites for hydroxylation is 1. The number of nitrogens with zero attached hydrogens (tertiary/aromatic N) is 5. The van der Waals surface area contributed by atoms with Gasteiger partial charge in [-0.2, -0.15) is 5.10 Å². The Morgan fingerprint density at radius 2 is 1.94 bits per heavy atom. The number of fused-ring (bicyclic) bond motifs is 1. The number of rotatable bonds is 5. The monoisotopic (exact) mass is 440 g/mol. The third-order valence-corrected chi connectivity index (χ3v) is 7.31. The third kappa shape index (κ3) is 4.12. The van der Waals surface area contributed by atoms with Crippen LogP contribution >= 0.6 is 0 Å². The van der Waals surface area contributed by atoms with Crippen LogP contribution in [-0.2, 0) is 17.8 Å². The van der Waals surface area contributed by atoms with Crippen molar-refractivity contribution in [1.82, 2.24) is 29.5 Å². The number of hydrogen-bond donors (Lipinski definition) is 1. The lowest BCUT2D eigenvalue weighted by Crippen LogP contribution is -2.40. The topological polar surface area (TPSA) is 87.1 Å². The first kappa shape index (κ1) is 22.7. The largest absolute Gasteiger partial charge is 0.332 e. The Bertz CT molecular complexity index is 1070. The van der Waals surface area contributed by atoms with Gasteiger partial charge in [-0.15, -0.1) is 0 Å². The van der Waals surface area contributed by atoms with Gasteiger partial charge in [0.1, 0.15) is 5.82 Å². The van der Waals surface area contributed by atoms with Crippen LogP contribution in [0.2, 0.25) is 0 Å². The van der Waals surface area contributed by atoms with Crippen molar-refractivity contribution in [2.24, 2.45) is 0 Å². The van der Waals surface area contributed by atoms with E-state index in [0.29, 0.717) is 31.4 Å². The van der Waals surface area contributed by atoms with E-state index in [1.807, 2.05) is 23.4 Å². The highest BCUT2D eigenvalue weighted by atomic mass is 16.2. The number of carbonyl (C=O) groups excluding carboxylic acids is 1. The fourth-order valence-corrected chi connectivity index (χ4v) is 5.06. The van der Waals surface area contributed by atoms with Crippen molar-refractivity contribution >= 4 is 5.91 Å². The van der Waals surface area contributed by atoms with E-state index in [-0.39, 0.29) is 23.6 Å². The zero-order chi connectivity index (χ0) is 23.2. The normalized spacial score (nSPS) is 20.1. The number of hydrogen-bond acceptors (Lipinski definition) is 5. The van der Waals surface area contributed by atoms with E-state index in [1.165, 1.54) is 5.56 Å². The SMILES string of the molecule is Cc1nn([C@H](C)CC(=O)N2CCC[C@@H]2c2nc3c(c(=O)[nH]2)CCN(C(C)C)C3)c(C)c1C. The van der Waals surface area contributed by atoms with Crippen molar-refractivity contribution in [3.63, 3.8) is 0 Å². The minimum atomic E-state index is -0.163. The molecule has 1 amide bonds. The van der Waals surface area contributed by atoms with Gasteiger partial charge in [0.05, 0.1) is 23.5 Å². The number of H-pyrrole nitrogens is 1. The van der Waals surface area contributed by atoms with Crippen LogP contribution in [0.15, 0.2) is 4.79 Å². The second-order valence-corrected chi connectivity index (χ2v) is 9.73. The van der Waals surface area contributed by atoms with Gasteiger partial charge >= 0.3 is 0 Å². The predicted octanol–water partition coefficient (Wildman–Crippen LogP) is 2.97. The first-order valence-electron chi connectivity index (χ1n) is 11.8. The maximum atomic E-state index is 13.3. The lowest BCUT2D eigenvalue weighted by atomic mass is 10.0. The molecule has 0 aliphatic carbocycles. The molecule has 174 valence electrons. The molecule has 8 nitrogen and oxygen atoms in total. The van der Waals surface area contributed by atoms with E-state index in [1.54, 1.807) is 0 Å². The first-order chi connectivity index (χ1) is 15.2. The molecule has 0 spiro atoms. The van der Waals surface area contributed by atoms with E-state index in [4.69, 9.17) is 4.98 Å². The summed E-state index contributed by atoms with van der Waals surface area (Å²) in [6.07, 6.45) is 2.86. The van der Waals surface area contributed by atoms with Gasteiger partial charge in [-0.1, -0.05) is 0 Å². The predicted molar refractivity (Wildman–Crippen MR) is 124 cm³/mol. The van der Waals surface area contributed by atoms with E-state index in [0.717, 1.165) is 48.5 Å². The van der Waals surface area contributed by atoms with Gasteiger partial charge in [-0.3, -0.25) is 19.2 Å². The Kier molecular flexibility index (Phi) is 6.25. The van der Waals surface area contributed by atoms with Crippen molar-refractivity contribution in [3.8, 4) is 0 Å². The highest BCUT2D eigenvalue weighted by Gasteiger charge is 2.34. The maximum absolute atomic E-state index is 13.3. The summed E-state index contributed by atoms with van der Waals surface area (Å²) in [7, 11) is 0. The van der Waals surface area contributed by atoms with Crippen LogP contribution in [0.25, 0.3) is 0 Å². The van der Waals surface area contributed by atoms with Crippen molar-refractivity contribution in [2.45, 2.75) is 91.9 Å². The minimum absolute atomic E-state index is 0.0220. The molecule has 2 aliphatic heterocycles. The van der Waals surface area contributed by atoms with Gasteiger partial charge < -0.3 is 9.88 Å². The van der Waals surface area contributed by atoms with Crippen molar-refractivity contribution in [1.29, 1.82) is 0 Å². The number of aromatic amines is 1. The van der Waals surface area contributed by atoms with Crippen LogP contribution in [0.1, 0.15) is 86.2 Å². The molecule has 2 aromatic heterocycles. The molecular formula is C24H36N6O2. The van der Waals surface area contributed by atoms with Crippen molar-refractivity contribution < 1.29 is 4.79 Å². The number of likely N-dealkylation sites (tertiary alicyclic amines) is 1. The molecule has 1 N–H and O–H groups in total. The summed E-state index contributed by atoms with van der Waals surface area (Å²) in [6, 6.07) is 0.229. The Morgan fingerprint density at radius 3 is 2.59 bits per heavy atom. The fraction of sp³-hybridized carbons (Fsp3) is 0.667. The Morgan fingerprint density at radius 1 is 1.19 bits per heavy atom. The average Bonchev–Trinajstić information content (AvgIpc) is 3.34. The molecule has 0 unspecified atom stereocenters. The van der Waals surface area contributed by atoms with Crippen LogP contribution in [0.5, 0.6) is 0 Å². The summed E-state index contributed by atoms with van der Waals surface area (Å²) >= 11 is 0. The summed E-state index contributed by atoms with van der Waals surface area (Å²) < 4.78 is 1.97. The van der Waals surface area contributed by atoms with Crippen LogP contribution in [0.4, 0.5) is 0 Å². The minimum Gasteiger partial charge on any atom is -0.332 e. The molecule has 2 aromatic rings. The molecule has 0 bridgehead atoms. The van der Waals surface area contributed by atoms with Crippen LogP contribution in [0, 0.1) is 20.8 Å². The number of aromatic nitrogens is 4. The van der Waals surface area contributed by atoms with E-state index in [2.05, 4.69) is 42.7 Å². The van der Waals surface area contributed by atoms with Gasteiger partial charge in [0.25, 0.3) is 5.56 Å². The van der Waals surface area contributed by atoms with Crippen molar-refractivity contribution in [2.75, 3.05) is 13.1 Å². The number of nitrogens with one attached hydrogen (secondary N) is 1. The van der Waals surface area contributed by atoms with E-state index in [9.17, 15) is 9.59 Å². The van der Waals surface area contributed by atoms with Crippen molar-refractivity contribution in [3.05, 3.63) is 44.4 Å². The number of amides is 1. The Labute approximate surface area is 190 Å². The molecule has 2 aliphatic rings. The summed E-state index contributed by atoms with van der Waals surface area (Å²) in [6.45, 7) is 14.8. The second-order valence-electron chi connectivity index (χ2n) is 9.73. The molecule has 0 aromatic carbocycles. The van der Waals surface area contributed by atoms with E-state index < -0.39 is 0 Å². The number of carbonyl (C=O) groups is 1. The molecule has 0 saturated carbocycles. The molecule has 32 heavy (non-hydrogen) atoms. The summed E-state index contributed by atoms with van der Waals surface area (Å²) in [5.74, 6) is 0.731. The molecule has 8 heteroatoms. The highest BCUT2D eigenvalue weighted by molar-refractivity contribution is 5.77. The van der Waals surface area contributed by atoms with Crippen LogP contribution in [-0.4, -0.2) is 54.6 Å². The average molecular weight is 441 g/mol. The Balaban J connectivity index is 1.54. The summed E-state index contributed by atoms with van der Waals surface area (Å²) in [4.78, 5) is 38.2. The summed E-state index contributed by atoms with van der Waals surface area (Å²) in [5.41, 5.74) is 4.92. The van der Waals surface area contributed by atoms with Gasteiger partial charge in [-0.25, -0.2) is 4.98 Å². The van der Waals surface area contributed by atoms with Gasteiger partial charge in [0.2, 0.25) is 5.91 Å². The molecular weight excluding hydrogens is 404 g/mol. The molecule has 4 heterocycles. The van der Waals surface area contributed by atoms with Crippen LogP contribution in [0.3, 0.4) is 0 Å². The maximum Gasteiger partial charge on any atom is 0.254 e. The van der Waals surface area contributed by atoms with Gasteiger partial charge in [-0.05, 0) is 66.4 Å². The van der Waals surface area contributed by atoms with Gasteiger partial charge in [0, 0.05) is 43.4 Å². The van der Waals surface area contributed by atoms with E-state index >= 15 is 0 Å². The lowest BCUT2D eigenvalue weighted by molar-refractivity contribution is -0.133. The zero-order valence-electron chi connectivity index (χ0n) is 20.2. The summed E-state index contributed by atoms with van der Waals surface area (Å²) in [5, 5.41) is 4.63. The molecule has 0 radical (unpaired) electrons. The fourth-order valence-electron chi connectivity index (χ4n) is 5.06. The zero-order valence-corrected chi connectivity index (χ0v) is 20.2. The molecule has 2 atom stereocenters. The quantitative estimate of drug-likeness (QED) is 0.772. The first-order valence-corrected chi connectivity index (χ1v) is 11.8. The molecule has 1 fully saturated rings. The van der Waals surface area contributed by atoms with Gasteiger partial charge in [0.15, 0.2) is 0 Å². The Hall–Kier alpha value is -2.48. The lowest BCUT2D eigenvalue weighted by Gasteiger charge is -2.32.